The van der Waals surface area contributed by atoms with Gasteiger partial charge in [0.25, 0.3) is 5.91 Å². The summed E-state index contributed by atoms with van der Waals surface area (Å²) >= 11 is 12.7. The van der Waals surface area contributed by atoms with Gasteiger partial charge in [-0.2, -0.15) is 10.5 Å². The molecule has 0 bridgehead atoms. The lowest BCUT2D eigenvalue weighted by Gasteiger charge is -2.12. The summed E-state index contributed by atoms with van der Waals surface area (Å²) in [5, 5.41) is 21.6. The molecular weight excluding hydrogens is 489 g/mol. The third-order valence-corrected chi connectivity index (χ3v) is 5.33. The van der Waals surface area contributed by atoms with E-state index in [1.807, 2.05) is 6.07 Å². The normalized spacial score (nSPS) is 10.6. The molecule has 0 saturated heterocycles. The van der Waals surface area contributed by atoms with E-state index in [9.17, 15) is 20.1 Å². The van der Waals surface area contributed by atoms with Gasteiger partial charge in [0.05, 0.1) is 34.4 Å². The van der Waals surface area contributed by atoms with E-state index in [1.165, 1.54) is 49.6 Å². The van der Waals surface area contributed by atoms with Crippen molar-refractivity contribution in [2.75, 3.05) is 12.4 Å². The van der Waals surface area contributed by atoms with Gasteiger partial charge in [0.15, 0.2) is 5.75 Å². The molecule has 174 valence electrons. The summed E-state index contributed by atoms with van der Waals surface area (Å²) in [4.78, 5) is 24.1. The minimum atomic E-state index is -0.654. The van der Waals surface area contributed by atoms with Gasteiger partial charge in [0, 0.05) is 11.3 Å². The lowest BCUT2D eigenvalue weighted by Crippen LogP contribution is -2.13. The van der Waals surface area contributed by atoms with Gasteiger partial charge in [0.1, 0.15) is 18.2 Å². The Hall–Kier alpha value is -4.30. The Morgan fingerprint density at radius 3 is 2.29 bits per heavy atom. The monoisotopic (exact) mass is 505 g/mol. The lowest BCUT2D eigenvalue weighted by atomic mass is 10.1. The number of carbonyl (C=O) groups excluding carboxylic acids is 2. The molecule has 9 heteroatoms. The Morgan fingerprint density at radius 2 is 1.69 bits per heavy atom. The summed E-state index contributed by atoms with van der Waals surface area (Å²) in [6.45, 7) is 0.0823. The number of benzene rings is 3. The molecule has 0 saturated carbocycles. The van der Waals surface area contributed by atoms with Crippen LogP contribution in [0, 0.1) is 22.7 Å². The molecule has 0 spiro atoms. The van der Waals surface area contributed by atoms with Crippen LogP contribution in [0.3, 0.4) is 0 Å². The van der Waals surface area contributed by atoms with E-state index >= 15 is 0 Å². The fourth-order valence-electron chi connectivity index (χ4n) is 3.03. The number of nitrogens with one attached hydrogen (secondary N) is 1. The van der Waals surface area contributed by atoms with E-state index < -0.39 is 11.9 Å². The summed E-state index contributed by atoms with van der Waals surface area (Å²) in [6, 6.07) is 20.0. The molecule has 0 heterocycles. The Balaban J connectivity index is 1.76. The number of anilines is 1. The second-order valence-electron chi connectivity index (χ2n) is 7.06. The van der Waals surface area contributed by atoms with Crippen molar-refractivity contribution in [1.29, 1.82) is 10.5 Å². The molecule has 0 aliphatic rings. The van der Waals surface area contributed by atoms with Gasteiger partial charge < -0.3 is 14.8 Å². The van der Waals surface area contributed by atoms with Crippen LogP contribution < -0.4 is 10.1 Å². The predicted molar refractivity (Wildman–Crippen MR) is 132 cm³/mol. The Kier molecular flexibility index (Phi) is 8.48. The van der Waals surface area contributed by atoms with Crippen LogP contribution in [0.5, 0.6) is 5.75 Å². The highest BCUT2D eigenvalue weighted by molar-refractivity contribution is 6.37. The number of nitriles is 2. The predicted octanol–water partition coefficient (Wildman–Crippen LogP) is 5.78. The zero-order valence-corrected chi connectivity index (χ0v) is 19.9. The first-order valence-corrected chi connectivity index (χ1v) is 10.8. The minimum absolute atomic E-state index is 0.0823. The van der Waals surface area contributed by atoms with Crippen molar-refractivity contribution >= 4 is 46.8 Å². The molecule has 0 atom stereocenters. The van der Waals surface area contributed by atoms with Crippen LogP contribution in [-0.4, -0.2) is 19.0 Å². The smallest absolute Gasteiger partial charge is 0.337 e. The highest BCUT2D eigenvalue weighted by Gasteiger charge is 2.14. The van der Waals surface area contributed by atoms with E-state index in [0.717, 1.165) is 0 Å². The van der Waals surface area contributed by atoms with Crippen molar-refractivity contribution in [1.82, 2.24) is 0 Å². The molecule has 0 radical (unpaired) electrons. The molecule has 3 aromatic rings. The summed E-state index contributed by atoms with van der Waals surface area (Å²) in [5.41, 5.74) is 2.09. The van der Waals surface area contributed by atoms with Crippen molar-refractivity contribution in [3.63, 3.8) is 0 Å². The number of esters is 1. The Morgan fingerprint density at radius 1 is 1.03 bits per heavy atom. The zero-order chi connectivity index (χ0) is 25.4. The van der Waals surface area contributed by atoms with Crippen LogP contribution in [0.2, 0.25) is 10.0 Å². The first-order valence-electron chi connectivity index (χ1n) is 10.1. The van der Waals surface area contributed by atoms with Crippen LogP contribution in [0.1, 0.15) is 27.0 Å². The number of methoxy groups -OCH3 is 1. The van der Waals surface area contributed by atoms with Crippen molar-refractivity contribution in [3.05, 3.63) is 98.5 Å². The second kappa shape index (κ2) is 11.7. The van der Waals surface area contributed by atoms with Crippen molar-refractivity contribution < 1.29 is 19.1 Å². The van der Waals surface area contributed by atoms with Gasteiger partial charge in [-0.05, 0) is 54.1 Å². The van der Waals surface area contributed by atoms with E-state index in [4.69, 9.17) is 27.9 Å². The highest BCUT2D eigenvalue weighted by Crippen LogP contribution is 2.35. The van der Waals surface area contributed by atoms with Crippen LogP contribution >= 0.6 is 23.2 Å². The van der Waals surface area contributed by atoms with Crippen molar-refractivity contribution in [3.8, 4) is 17.9 Å². The second-order valence-corrected chi connectivity index (χ2v) is 7.88. The van der Waals surface area contributed by atoms with E-state index in [0.29, 0.717) is 27.9 Å². The maximum absolute atomic E-state index is 12.6. The van der Waals surface area contributed by atoms with Crippen molar-refractivity contribution in [2.45, 2.75) is 6.61 Å². The molecule has 3 aromatic carbocycles. The lowest BCUT2D eigenvalue weighted by molar-refractivity contribution is -0.112. The van der Waals surface area contributed by atoms with E-state index in [2.05, 4.69) is 16.1 Å². The number of rotatable bonds is 7. The number of halogens is 2. The number of hydrogen-bond donors (Lipinski definition) is 1. The highest BCUT2D eigenvalue weighted by atomic mass is 35.5. The summed E-state index contributed by atoms with van der Waals surface area (Å²) in [7, 11) is 1.27. The number of nitrogens with zero attached hydrogens (tertiary/aromatic N) is 2. The van der Waals surface area contributed by atoms with Crippen LogP contribution in [0.25, 0.3) is 6.08 Å². The molecule has 0 unspecified atom stereocenters. The third-order valence-electron chi connectivity index (χ3n) is 4.77. The topological polar surface area (TPSA) is 112 Å². The Bertz CT molecular complexity index is 1360. The van der Waals surface area contributed by atoms with Gasteiger partial charge in [0.2, 0.25) is 0 Å². The number of carbonyl (C=O) groups is 2. The standard InChI is InChI=1S/C26H17Cl2N3O4/c1-34-26(33)17-6-8-21(9-7-17)31-25(32)20(14-30)10-16-11-22(27)24(23(28)12-16)35-15-19-5-3-2-4-18(19)13-29/h2-12H,15H2,1H3,(H,31,32)/b20-10+. The molecule has 0 aromatic heterocycles. The van der Waals surface area contributed by atoms with Crippen molar-refractivity contribution in [2.24, 2.45) is 0 Å². The van der Waals surface area contributed by atoms with Gasteiger partial charge in [-0.25, -0.2) is 4.79 Å². The SMILES string of the molecule is COC(=O)c1ccc(NC(=O)/C(C#N)=C/c2cc(Cl)c(OCc3ccccc3C#N)c(Cl)c2)cc1. The molecule has 0 aliphatic carbocycles. The molecule has 1 N–H and O–H groups in total. The number of amides is 1. The van der Waals surface area contributed by atoms with Gasteiger partial charge >= 0.3 is 5.97 Å². The third kappa shape index (κ3) is 6.39. The fourth-order valence-corrected chi connectivity index (χ4v) is 3.64. The summed E-state index contributed by atoms with van der Waals surface area (Å²) in [5.74, 6) is -0.943. The van der Waals surface area contributed by atoms with Gasteiger partial charge in [-0.1, -0.05) is 41.4 Å². The quantitative estimate of drug-likeness (QED) is 0.247. The summed E-state index contributed by atoms with van der Waals surface area (Å²) < 4.78 is 10.4. The Labute approximate surface area is 211 Å². The van der Waals surface area contributed by atoms with E-state index in [-0.39, 0.29) is 28.0 Å². The molecular formula is C26H17Cl2N3O4. The first kappa shape index (κ1) is 25.3. The molecule has 0 aliphatic heterocycles. The van der Waals surface area contributed by atoms with Crippen LogP contribution in [-0.2, 0) is 16.1 Å². The molecule has 7 nitrogen and oxygen atoms in total. The average Bonchev–Trinajstić information content (AvgIpc) is 2.86. The largest absolute Gasteiger partial charge is 0.486 e. The first-order chi connectivity index (χ1) is 16.9. The van der Waals surface area contributed by atoms with Crippen LogP contribution in [0.4, 0.5) is 5.69 Å². The van der Waals surface area contributed by atoms with Gasteiger partial charge in [-0.3, -0.25) is 4.79 Å². The fraction of sp³-hybridized carbons (Fsp3) is 0.0769. The zero-order valence-electron chi connectivity index (χ0n) is 18.3. The number of hydrogen-bond acceptors (Lipinski definition) is 6. The molecule has 1 amide bonds. The van der Waals surface area contributed by atoms with Gasteiger partial charge in [-0.15, -0.1) is 0 Å². The average molecular weight is 506 g/mol. The minimum Gasteiger partial charge on any atom is -0.486 e. The van der Waals surface area contributed by atoms with Crippen LogP contribution in [0.15, 0.2) is 66.2 Å². The summed E-state index contributed by atoms with van der Waals surface area (Å²) in [6.07, 6.45) is 1.34. The maximum atomic E-state index is 12.6. The van der Waals surface area contributed by atoms with E-state index in [1.54, 1.807) is 24.3 Å². The number of ether oxygens (including phenoxy) is 2. The molecule has 35 heavy (non-hydrogen) atoms. The maximum Gasteiger partial charge on any atom is 0.337 e. The molecule has 3 rings (SSSR count). The molecule has 0 fully saturated rings.